The van der Waals surface area contributed by atoms with Gasteiger partial charge in [0.1, 0.15) is 0 Å². The van der Waals surface area contributed by atoms with Crippen molar-refractivity contribution in [2.75, 3.05) is 26.2 Å². The predicted molar refractivity (Wildman–Crippen MR) is 81.4 cm³/mol. The number of thiazole rings is 1. The summed E-state index contributed by atoms with van der Waals surface area (Å²) >= 11 is 1.60. The van der Waals surface area contributed by atoms with Crippen LogP contribution >= 0.6 is 11.3 Å². The summed E-state index contributed by atoms with van der Waals surface area (Å²) in [5.74, 6) is 0. The van der Waals surface area contributed by atoms with E-state index in [1.807, 2.05) is 6.92 Å². The lowest BCUT2D eigenvalue weighted by atomic mass is 10.2. The highest BCUT2D eigenvalue weighted by Crippen LogP contribution is 2.22. The van der Waals surface area contributed by atoms with E-state index in [-0.39, 0.29) is 12.1 Å². The number of urea groups is 1. The van der Waals surface area contributed by atoms with Gasteiger partial charge in [-0.05, 0) is 26.3 Å². The standard InChI is InChI=1S/C14H22N4O2S/c1-10-15-6-13(21-10)7-17-14(19)16-5-12-8-18-4-2-3-11(18)9-20-12/h6,11-12H,2-5,7-9H2,1H3,(H2,16,17,19)/t11-,12+/m0/s1. The first-order valence-corrected chi connectivity index (χ1v) is 8.31. The topological polar surface area (TPSA) is 66.5 Å². The molecule has 1 aromatic heterocycles. The first kappa shape index (κ1) is 14.7. The number of nitrogens with zero attached hydrogens (tertiary/aromatic N) is 2. The van der Waals surface area contributed by atoms with Crippen molar-refractivity contribution in [2.24, 2.45) is 0 Å². The van der Waals surface area contributed by atoms with Gasteiger partial charge < -0.3 is 15.4 Å². The molecule has 2 aliphatic rings. The number of ether oxygens (including phenoxy) is 1. The van der Waals surface area contributed by atoms with Gasteiger partial charge in [-0.3, -0.25) is 4.90 Å². The minimum Gasteiger partial charge on any atom is -0.373 e. The summed E-state index contributed by atoms with van der Waals surface area (Å²) in [5.41, 5.74) is 0. The Morgan fingerprint density at radius 3 is 3.29 bits per heavy atom. The van der Waals surface area contributed by atoms with E-state index in [9.17, 15) is 4.79 Å². The SMILES string of the molecule is Cc1ncc(CNC(=O)NC[C@@H]2CN3CCC[C@H]3CO2)s1. The Labute approximate surface area is 128 Å². The maximum atomic E-state index is 11.8. The summed E-state index contributed by atoms with van der Waals surface area (Å²) in [5, 5.41) is 6.76. The molecule has 3 rings (SSSR count). The van der Waals surface area contributed by atoms with Crippen LogP contribution in [0.3, 0.4) is 0 Å². The van der Waals surface area contributed by atoms with Crippen LogP contribution in [0.5, 0.6) is 0 Å². The van der Waals surface area contributed by atoms with Crippen LogP contribution in [0.1, 0.15) is 22.7 Å². The molecule has 116 valence electrons. The van der Waals surface area contributed by atoms with Crippen molar-refractivity contribution in [3.05, 3.63) is 16.1 Å². The molecule has 0 aromatic carbocycles. The largest absolute Gasteiger partial charge is 0.373 e. The highest BCUT2D eigenvalue weighted by atomic mass is 32.1. The third-order valence-electron chi connectivity index (χ3n) is 4.04. The Bertz CT molecular complexity index is 493. The van der Waals surface area contributed by atoms with Crippen molar-refractivity contribution >= 4 is 17.4 Å². The van der Waals surface area contributed by atoms with Crippen LogP contribution < -0.4 is 10.6 Å². The zero-order valence-electron chi connectivity index (χ0n) is 12.3. The number of aromatic nitrogens is 1. The fraction of sp³-hybridized carbons (Fsp3) is 0.714. The number of nitrogens with one attached hydrogen (secondary N) is 2. The lowest BCUT2D eigenvalue weighted by Crippen LogP contribution is -2.51. The van der Waals surface area contributed by atoms with Crippen molar-refractivity contribution in [3.63, 3.8) is 0 Å². The molecule has 2 aliphatic heterocycles. The molecular weight excluding hydrogens is 288 g/mol. The van der Waals surface area contributed by atoms with E-state index >= 15 is 0 Å². The van der Waals surface area contributed by atoms with E-state index in [1.165, 1.54) is 19.4 Å². The molecule has 21 heavy (non-hydrogen) atoms. The van der Waals surface area contributed by atoms with Crippen LogP contribution in [0.2, 0.25) is 0 Å². The first-order chi connectivity index (χ1) is 10.2. The van der Waals surface area contributed by atoms with Crippen LogP contribution in [0, 0.1) is 6.92 Å². The molecule has 0 saturated carbocycles. The lowest BCUT2D eigenvalue weighted by Gasteiger charge is -2.35. The zero-order valence-corrected chi connectivity index (χ0v) is 13.1. The van der Waals surface area contributed by atoms with Crippen LogP contribution in [0.25, 0.3) is 0 Å². The minimum absolute atomic E-state index is 0.107. The lowest BCUT2D eigenvalue weighted by molar-refractivity contribution is -0.0457. The summed E-state index contributed by atoms with van der Waals surface area (Å²) in [4.78, 5) is 19.5. The molecule has 6 nitrogen and oxygen atoms in total. The van der Waals surface area contributed by atoms with Crippen molar-refractivity contribution < 1.29 is 9.53 Å². The Balaban J connectivity index is 1.36. The van der Waals surface area contributed by atoms with Crippen LogP contribution in [-0.2, 0) is 11.3 Å². The Morgan fingerprint density at radius 2 is 2.48 bits per heavy atom. The number of aryl methyl sites for hydroxylation is 1. The molecule has 0 unspecified atom stereocenters. The second kappa shape index (κ2) is 6.72. The number of fused-ring (bicyclic) bond motifs is 1. The maximum absolute atomic E-state index is 11.8. The summed E-state index contributed by atoms with van der Waals surface area (Å²) < 4.78 is 5.82. The number of rotatable bonds is 4. The van der Waals surface area contributed by atoms with Gasteiger partial charge in [-0.1, -0.05) is 0 Å². The number of carbonyl (C=O) groups is 1. The average Bonchev–Trinajstić information content (AvgIpc) is 3.10. The van der Waals surface area contributed by atoms with Crippen molar-refractivity contribution in [2.45, 2.75) is 38.5 Å². The highest BCUT2D eigenvalue weighted by Gasteiger charge is 2.32. The molecule has 2 atom stereocenters. The predicted octanol–water partition coefficient (Wildman–Crippen LogP) is 1.11. The van der Waals surface area contributed by atoms with Gasteiger partial charge in [0, 0.05) is 30.2 Å². The van der Waals surface area contributed by atoms with Crippen LogP contribution in [-0.4, -0.2) is 54.3 Å². The molecule has 3 heterocycles. The molecule has 2 fully saturated rings. The smallest absolute Gasteiger partial charge is 0.315 e. The number of morpholine rings is 1. The molecule has 7 heteroatoms. The van der Waals surface area contributed by atoms with E-state index in [2.05, 4.69) is 20.5 Å². The Kier molecular flexibility index (Phi) is 4.72. The molecule has 1 aromatic rings. The number of carbonyl (C=O) groups excluding carboxylic acids is 1. The van der Waals surface area contributed by atoms with Crippen molar-refractivity contribution in [1.82, 2.24) is 20.5 Å². The number of hydrogen-bond donors (Lipinski definition) is 2. The van der Waals surface area contributed by atoms with Crippen molar-refractivity contribution in [1.29, 1.82) is 0 Å². The van der Waals surface area contributed by atoms with Gasteiger partial charge in [-0.25, -0.2) is 9.78 Å². The molecule has 0 bridgehead atoms. The number of amides is 2. The second-order valence-electron chi connectivity index (χ2n) is 5.66. The summed E-state index contributed by atoms with van der Waals surface area (Å²) in [6.45, 7) is 5.95. The molecule has 2 N–H and O–H groups in total. The third-order valence-corrected chi connectivity index (χ3v) is 4.96. The summed E-state index contributed by atoms with van der Waals surface area (Å²) in [6, 6.07) is 0.456. The summed E-state index contributed by atoms with van der Waals surface area (Å²) in [6.07, 6.45) is 4.42. The minimum atomic E-state index is -0.145. The van der Waals surface area contributed by atoms with E-state index in [1.54, 1.807) is 17.5 Å². The van der Waals surface area contributed by atoms with Gasteiger partial charge >= 0.3 is 6.03 Å². The molecule has 0 radical (unpaired) electrons. The molecular formula is C14H22N4O2S. The summed E-state index contributed by atoms with van der Waals surface area (Å²) in [7, 11) is 0. The molecule has 0 spiro atoms. The van der Waals surface area contributed by atoms with Crippen LogP contribution in [0.15, 0.2) is 6.20 Å². The Hall–Kier alpha value is -1.18. The zero-order chi connectivity index (χ0) is 14.7. The van der Waals surface area contributed by atoms with Gasteiger partial charge in [0.2, 0.25) is 0 Å². The first-order valence-electron chi connectivity index (χ1n) is 7.49. The number of hydrogen-bond acceptors (Lipinski definition) is 5. The fourth-order valence-electron chi connectivity index (χ4n) is 2.93. The van der Waals surface area contributed by atoms with Gasteiger partial charge in [-0.15, -0.1) is 11.3 Å². The van der Waals surface area contributed by atoms with Gasteiger partial charge in [0.05, 0.1) is 24.3 Å². The van der Waals surface area contributed by atoms with Gasteiger partial charge in [0.25, 0.3) is 0 Å². The normalized spacial score (nSPS) is 25.6. The molecule has 2 saturated heterocycles. The second-order valence-corrected chi connectivity index (χ2v) is 6.97. The van der Waals surface area contributed by atoms with E-state index in [0.29, 0.717) is 19.1 Å². The Morgan fingerprint density at radius 1 is 1.57 bits per heavy atom. The van der Waals surface area contributed by atoms with E-state index < -0.39 is 0 Å². The third kappa shape index (κ3) is 3.93. The fourth-order valence-corrected chi connectivity index (χ4v) is 3.67. The van der Waals surface area contributed by atoms with Crippen LogP contribution in [0.4, 0.5) is 4.79 Å². The van der Waals surface area contributed by atoms with Gasteiger partial charge in [0.15, 0.2) is 0 Å². The maximum Gasteiger partial charge on any atom is 0.315 e. The molecule has 2 amide bonds. The quantitative estimate of drug-likeness (QED) is 0.874. The highest BCUT2D eigenvalue weighted by molar-refractivity contribution is 7.11. The molecule has 0 aliphatic carbocycles. The van der Waals surface area contributed by atoms with E-state index in [4.69, 9.17) is 4.74 Å². The van der Waals surface area contributed by atoms with Gasteiger partial charge in [-0.2, -0.15) is 0 Å². The van der Waals surface area contributed by atoms with Crippen molar-refractivity contribution in [3.8, 4) is 0 Å². The monoisotopic (exact) mass is 310 g/mol. The van der Waals surface area contributed by atoms with E-state index in [0.717, 1.165) is 23.0 Å². The average molecular weight is 310 g/mol.